The van der Waals surface area contributed by atoms with Gasteiger partial charge < -0.3 is 0 Å². The average Bonchev–Trinajstić information content (AvgIpc) is 2.53. The average molecular weight is 347 g/mol. The van der Waals surface area contributed by atoms with Crippen molar-refractivity contribution in [1.82, 2.24) is 0 Å². The Balaban J connectivity index is 2.39. The summed E-state index contributed by atoms with van der Waals surface area (Å²) in [5, 5.41) is 20.6. The number of halogens is 1. The zero-order chi connectivity index (χ0) is 12.6. The normalized spacial score (nSPS) is 26.9. The fourth-order valence-electron chi connectivity index (χ4n) is 2.35. The third-order valence-corrected chi connectivity index (χ3v) is 6.09. The number of Topliss-reactive ketones (excluding diaryl/α,β-unsaturated/α-hetero) is 1. The maximum absolute atomic E-state index is 12.2. The van der Waals surface area contributed by atoms with Crippen molar-refractivity contribution in [3.63, 3.8) is 0 Å². The van der Waals surface area contributed by atoms with Crippen LogP contribution in [0.25, 0.3) is 0 Å². The molecule has 2 N–H and O–H groups in total. The molecule has 0 radical (unpaired) electrons. The van der Waals surface area contributed by atoms with Crippen LogP contribution < -0.4 is 21.2 Å². The molecule has 1 aliphatic rings. The van der Waals surface area contributed by atoms with Gasteiger partial charge in [0.25, 0.3) is 0 Å². The Bertz CT molecular complexity index is 442. The first-order valence-electron chi connectivity index (χ1n) is 5.63. The Kier molecular flexibility index (Phi) is 3.56. The number of hydrogen-bond acceptors (Lipinski definition) is 3. The first-order chi connectivity index (χ1) is 7.99. The van der Waals surface area contributed by atoms with Crippen molar-refractivity contribution in [3.8, 4) is 0 Å². The van der Waals surface area contributed by atoms with E-state index in [1.165, 1.54) is 0 Å². The predicted molar refractivity (Wildman–Crippen MR) is 60.4 cm³/mol. The van der Waals surface area contributed by atoms with Crippen molar-refractivity contribution >= 4 is 5.78 Å². The molecule has 0 aromatic heterocycles. The number of benzene rings is 1. The molecule has 3 unspecified atom stereocenters. The van der Waals surface area contributed by atoms with E-state index < -0.39 is 36.8 Å². The van der Waals surface area contributed by atoms with Gasteiger partial charge in [-0.05, 0) is 0 Å². The van der Waals surface area contributed by atoms with Crippen LogP contribution >= 0.6 is 0 Å². The number of rotatable bonds is 3. The predicted octanol–water partition coefficient (Wildman–Crippen LogP) is -1.65. The number of fused-ring (bicyclic) bond motifs is 1. The van der Waals surface area contributed by atoms with Gasteiger partial charge in [-0.3, -0.25) is 0 Å². The third kappa shape index (κ3) is 2.13. The summed E-state index contributed by atoms with van der Waals surface area (Å²) in [7, 11) is 0. The number of alkyl halides is 2. The van der Waals surface area contributed by atoms with E-state index in [4.69, 9.17) is 0 Å². The minimum atomic E-state index is -1.04. The molecule has 0 saturated heterocycles. The summed E-state index contributed by atoms with van der Waals surface area (Å²) in [6.07, 6.45) is -0.861. The monoisotopic (exact) mass is 347 g/mol. The van der Waals surface area contributed by atoms with Crippen molar-refractivity contribution in [3.05, 3.63) is 35.4 Å². The minimum absolute atomic E-state index is 0.119. The van der Waals surface area contributed by atoms with E-state index in [-0.39, 0.29) is 5.78 Å². The molecule has 0 saturated carbocycles. The number of carbonyl (C=O) groups is 1. The van der Waals surface area contributed by atoms with Crippen LogP contribution in [0.15, 0.2) is 24.3 Å². The fourth-order valence-corrected chi connectivity index (χ4v) is 4.99. The number of aliphatic hydroxyl groups is 2. The van der Waals surface area contributed by atoms with Gasteiger partial charge in [0, 0.05) is 0 Å². The molecule has 1 aromatic rings. The summed E-state index contributed by atoms with van der Waals surface area (Å²) < 4.78 is -0.151. The molecule has 0 heterocycles. The van der Waals surface area contributed by atoms with Crippen molar-refractivity contribution in [2.24, 2.45) is 5.92 Å². The van der Waals surface area contributed by atoms with Crippen LogP contribution in [-0.2, 0) is 0 Å². The van der Waals surface area contributed by atoms with Crippen LogP contribution in [-0.4, -0.2) is 24.0 Å². The first kappa shape index (κ1) is 13.0. The Morgan fingerprint density at radius 2 is 2.06 bits per heavy atom. The van der Waals surface area contributed by atoms with Gasteiger partial charge >= 0.3 is 111 Å². The Morgan fingerprint density at radius 1 is 1.41 bits per heavy atom. The van der Waals surface area contributed by atoms with E-state index in [0.717, 1.165) is 4.43 Å². The molecule has 4 heteroatoms. The van der Waals surface area contributed by atoms with Gasteiger partial charge in [0.2, 0.25) is 0 Å². The van der Waals surface area contributed by atoms with Gasteiger partial charge in [-0.25, -0.2) is 0 Å². The van der Waals surface area contributed by atoms with Crippen LogP contribution in [0, 0.1) is 5.92 Å². The van der Waals surface area contributed by atoms with Crippen molar-refractivity contribution in [1.29, 1.82) is 0 Å². The standard InChI is InChI=1S/C13H16IO3/c1-3-14-13(2,17)10-11(15)8-6-4-5-7-9(8)12(10)16/h4-7,10-11,15,17H,3H2,1-2H3/q-1. The second-order valence-electron chi connectivity index (χ2n) is 4.30. The second kappa shape index (κ2) is 4.66. The molecular weight excluding hydrogens is 331 g/mol. The third-order valence-electron chi connectivity index (χ3n) is 3.11. The SMILES string of the molecule is CC[I-]C(C)(O)C1C(=O)c2ccccc2C1O. The maximum atomic E-state index is 12.2. The van der Waals surface area contributed by atoms with Gasteiger partial charge in [-0.15, -0.1) is 0 Å². The van der Waals surface area contributed by atoms with Gasteiger partial charge in [-0.1, -0.05) is 0 Å². The van der Waals surface area contributed by atoms with Crippen LogP contribution in [0.4, 0.5) is 0 Å². The molecule has 0 amide bonds. The van der Waals surface area contributed by atoms with Crippen LogP contribution in [0.5, 0.6) is 0 Å². The van der Waals surface area contributed by atoms with Gasteiger partial charge in [0.15, 0.2) is 0 Å². The first-order valence-corrected chi connectivity index (χ1v) is 8.23. The van der Waals surface area contributed by atoms with Crippen molar-refractivity contribution in [2.45, 2.75) is 23.6 Å². The van der Waals surface area contributed by atoms with E-state index in [2.05, 4.69) is 0 Å². The number of ketones is 1. The number of hydrogen-bond donors (Lipinski definition) is 2. The van der Waals surface area contributed by atoms with Gasteiger partial charge in [0.05, 0.1) is 0 Å². The summed E-state index contributed by atoms with van der Waals surface area (Å²) in [4.78, 5) is 12.2. The number of carbonyl (C=O) groups excluding carboxylic acids is 1. The fraction of sp³-hybridized carbons (Fsp3) is 0.462. The van der Waals surface area contributed by atoms with E-state index in [1.54, 1.807) is 31.2 Å². The van der Waals surface area contributed by atoms with Gasteiger partial charge in [-0.2, -0.15) is 0 Å². The molecule has 0 bridgehead atoms. The molecule has 1 aliphatic carbocycles. The zero-order valence-electron chi connectivity index (χ0n) is 9.85. The molecule has 17 heavy (non-hydrogen) atoms. The van der Waals surface area contributed by atoms with E-state index in [0.29, 0.717) is 11.1 Å². The Labute approximate surface area is 111 Å². The molecular formula is C13H16IO3-. The molecule has 3 atom stereocenters. The van der Waals surface area contributed by atoms with Crippen LogP contribution in [0.2, 0.25) is 0 Å². The summed E-state index contributed by atoms with van der Waals surface area (Å²) in [5.41, 5.74) is 1.22. The van der Waals surface area contributed by atoms with E-state index in [9.17, 15) is 15.0 Å². The van der Waals surface area contributed by atoms with Crippen molar-refractivity contribution < 1.29 is 36.2 Å². The van der Waals surface area contributed by atoms with E-state index >= 15 is 0 Å². The molecule has 94 valence electrons. The summed E-state index contributed by atoms with van der Waals surface area (Å²) in [5.74, 6) is -0.807. The molecule has 2 rings (SSSR count). The van der Waals surface area contributed by atoms with E-state index in [1.807, 2.05) is 6.92 Å². The van der Waals surface area contributed by atoms with Crippen LogP contribution in [0.3, 0.4) is 0 Å². The molecule has 0 spiro atoms. The molecule has 3 nitrogen and oxygen atoms in total. The Morgan fingerprint density at radius 3 is 2.65 bits per heavy atom. The zero-order valence-corrected chi connectivity index (χ0v) is 12.0. The number of aliphatic hydroxyl groups excluding tert-OH is 1. The summed E-state index contributed by atoms with van der Waals surface area (Å²) in [6.45, 7) is 3.68. The topological polar surface area (TPSA) is 57.5 Å². The second-order valence-corrected chi connectivity index (χ2v) is 8.77. The van der Waals surface area contributed by atoms with Crippen molar-refractivity contribution in [2.75, 3.05) is 4.43 Å². The van der Waals surface area contributed by atoms with Gasteiger partial charge in [0.1, 0.15) is 0 Å². The quantitative estimate of drug-likeness (QED) is 0.509. The van der Waals surface area contributed by atoms with Crippen LogP contribution in [0.1, 0.15) is 35.9 Å². The molecule has 0 aliphatic heterocycles. The Hall–Kier alpha value is -0.460. The summed E-state index contributed by atoms with van der Waals surface area (Å²) in [6, 6.07) is 7.08. The summed E-state index contributed by atoms with van der Waals surface area (Å²) >= 11 is -0.515. The molecule has 1 aromatic carbocycles. The molecule has 0 fully saturated rings.